The van der Waals surface area contributed by atoms with E-state index in [9.17, 15) is 0 Å². The zero-order chi connectivity index (χ0) is 13.0. The van der Waals surface area contributed by atoms with Gasteiger partial charge in [0.2, 0.25) is 0 Å². The number of aliphatic imine (C=N–C) groups is 1. The molecule has 2 aromatic rings. The fourth-order valence-corrected chi connectivity index (χ4v) is 1.67. The van der Waals surface area contributed by atoms with Crippen molar-refractivity contribution in [2.75, 3.05) is 6.54 Å². The summed E-state index contributed by atoms with van der Waals surface area (Å²) in [6, 6.07) is 6.01. The third kappa shape index (κ3) is 3.95. The van der Waals surface area contributed by atoms with Gasteiger partial charge in [-0.1, -0.05) is 12.1 Å². The predicted molar refractivity (Wildman–Crippen MR) is 88.9 cm³/mol. The van der Waals surface area contributed by atoms with E-state index in [1.165, 1.54) is 0 Å². The van der Waals surface area contributed by atoms with Crippen LogP contribution in [0.4, 0.5) is 0 Å². The van der Waals surface area contributed by atoms with Crippen molar-refractivity contribution in [3.05, 3.63) is 48.4 Å². The monoisotopic (exact) mass is 371 g/mol. The van der Waals surface area contributed by atoms with Crippen LogP contribution in [0.1, 0.15) is 11.4 Å². The fraction of sp³-hybridized carbons (Fsp3) is 0.231. The molecule has 0 bridgehead atoms. The number of halogens is 1. The van der Waals surface area contributed by atoms with Gasteiger partial charge in [0.1, 0.15) is 5.65 Å². The average Bonchev–Trinajstić information content (AvgIpc) is 2.78. The number of nitrogens with zero attached hydrogens (tertiary/aromatic N) is 3. The topological polar surface area (TPSA) is 67.7 Å². The molecule has 0 unspecified atom stereocenters. The minimum atomic E-state index is 0. The summed E-state index contributed by atoms with van der Waals surface area (Å²) in [4.78, 5) is 8.69. The van der Waals surface area contributed by atoms with Crippen LogP contribution in [0.15, 0.2) is 42.0 Å². The van der Waals surface area contributed by atoms with E-state index in [1.807, 2.05) is 35.7 Å². The highest BCUT2D eigenvalue weighted by Crippen LogP contribution is 2.08. The summed E-state index contributed by atoms with van der Waals surface area (Å²) in [5.41, 5.74) is 8.66. The minimum Gasteiger partial charge on any atom is -0.370 e. The summed E-state index contributed by atoms with van der Waals surface area (Å²) in [6.45, 7) is 6.72. The smallest absolute Gasteiger partial charge is 0.189 e. The van der Waals surface area contributed by atoms with Crippen molar-refractivity contribution in [2.45, 2.75) is 13.5 Å². The number of guanidine groups is 1. The van der Waals surface area contributed by atoms with Gasteiger partial charge in [-0.25, -0.2) is 9.98 Å². The van der Waals surface area contributed by atoms with E-state index in [2.05, 4.69) is 21.9 Å². The molecule has 0 spiro atoms. The number of aromatic nitrogens is 2. The molecule has 2 rings (SSSR count). The second kappa shape index (κ2) is 7.13. The number of nitrogens with two attached hydrogens (primary N) is 1. The Balaban J connectivity index is 0.00000180. The summed E-state index contributed by atoms with van der Waals surface area (Å²) >= 11 is 0. The molecule has 5 nitrogen and oxygen atoms in total. The number of hydrogen-bond donors (Lipinski definition) is 2. The first-order valence-corrected chi connectivity index (χ1v) is 5.79. The second-order valence-electron chi connectivity index (χ2n) is 4.00. The third-order valence-corrected chi connectivity index (χ3v) is 2.58. The molecule has 6 heteroatoms. The quantitative estimate of drug-likeness (QED) is 0.373. The van der Waals surface area contributed by atoms with Crippen molar-refractivity contribution < 1.29 is 0 Å². The number of hydrogen-bond acceptors (Lipinski definition) is 2. The van der Waals surface area contributed by atoms with Crippen molar-refractivity contribution in [1.29, 1.82) is 0 Å². The molecule has 19 heavy (non-hydrogen) atoms. The maximum Gasteiger partial charge on any atom is 0.189 e. The van der Waals surface area contributed by atoms with Crippen LogP contribution in [0.5, 0.6) is 0 Å². The van der Waals surface area contributed by atoms with E-state index < -0.39 is 0 Å². The predicted octanol–water partition coefficient (Wildman–Crippen LogP) is 1.85. The van der Waals surface area contributed by atoms with Gasteiger partial charge in [0.25, 0.3) is 0 Å². The molecule has 0 aliphatic rings. The van der Waals surface area contributed by atoms with Gasteiger partial charge < -0.3 is 15.5 Å². The summed E-state index contributed by atoms with van der Waals surface area (Å²) in [5.74, 6) is 0.406. The van der Waals surface area contributed by atoms with Crippen molar-refractivity contribution >= 4 is 35.6 Å². The lowest BCUT2D eigenvalue weighted by Crippen LogP contribution is -2.31. The number of nitrogens with one attached hydrogen (secondary N) is 1. The maximum atomic E-state index is 5.69. The first-order chi connectivity index (χ1) is 8.70. The van der Waals surface area contributed by atoms with Gasteiger partial charge in [-0.2, -0.15) is 0 Å². The van der Waals surface area contributed by atoms with Crippen LogP contribution < -0.4 is 11.1 Å². The Labute approximate surface area is 129 Å². The number of aryl methyl sites for hydroxylation is 1. The maximum absolute atomic E-state index is 5.69. The van der Waals surface area contributed by atoms with Crippen LogP contribution in [0, 0.1) is 6.92 Å². The highest BCUT2D eigenvalue weighted by atomic mass is 127. The Hall–Kier alpha value is -1.57. The van der Waals surface area contributed by atoms with Crippen LogP contribution >= 0.6 is 24.0 Å². The Morgan fingerprint density at radius 3 is 3.05 bits per heavy atom. The van der Waals surface area contributed by atoms with Gasteiger partial charge in [-0.15, -0.1) is 30.6 Å². The number of imidazole rings is 1. The molecule has 2 aromatic heterocycles. The molecule has 0 saturated heterocycles. The zero-order valence-electron chi connectivity index (χ0n) is 10.8. The molecule has 0 aliphatic heterocycles. The number of pyridine rings is 1. The van der Waals surface area contributed by atoms with Gasteiger partial charge >= 0.3 is 0 Å². The van der Waals surface area contributed by atoms with Crippen LogP contribution in [0.25, 0.3) is 5.65 Å². The lowest BCUT2D eigenvalue weighted by Gasteiger charge is -2.00. The van der Waals surface area contributed by atoms with Gasteiger partial charge in [-0.3, -0.25) is 0 Å². The molecule has 102 valence electrons. The van der Waals surface area contributed by atoms with Crippen molar-refractivity contribution in [2.24, 2.45) is 10.7 Å². The highest BCUT2D eigenvalue weighted by molar-refractivity contribution is 14.0. The Morgan fingerprint density at radius 1 is 1.58 bits per heavy atom. The van der Waals surface area contributed by atoms with Crippen LogP contribution in [0.2, 0.25) is 0 Å². The molecule has 0 fully saturated rings. The first kappa shape index (κ1) is 15.5. The lowest BCUT2D eigenvalue weighted by atomic mass is 10.4. The van der Waals surface area contributed by atoms with Gasteiger partial charge in [-0.05, 0) is 19.1 Å². The molecule has 0 amide bonds. The van der Waals surface area contributed by atoms with E-state index >= 15 is 0 Å². The van der Waals surface area contributed by atoms with Crippen LogP contribution in [-0.2, 0) is 6.54 Å². The van der Waals surface area contributed by atoms with E-state index in [1.54, 1.807) is 6.08 Å². The van der Waals surface area contributed by atoms with Crippen LogP contribution in [0.3, 0.4) is 0 Å². The zero-order valence-corrected chi connectivity index (χ0v) is 13.2. The Bertz CT molecular complexity index is 588. The number of rotatable bonds is 4. The molecule has 0 aliphatic carbocycles. The summed E-state index contributed by atoms with van der Waals surface area (Å²) in [6.07, 6.45) is 3.71. The highest BCUT2D eigenvalue weighted by Gasteiger charge is 2.02. The SMILES string of the molecule is C=CCNC(N)=NCc1cn2c(C)cccc2n1.I. The van der Waals surface area contributed by atoms with Crippen LogP contribution in [-0.4, -0.2) is 21.9 Å². The van der Waals surface area contributed by atoms with Crippen molar-refractivity contribution in [3.8, 4) is 0 Å². The molecule has 0 atom stereocenters. The fourth-order valence-electron chi connectivity index (χ4n) is 1.67. The standard InChI is InChI=1S/C13H17N5.HI/c1-3-7-15-13(14)16-8-11-9-18-10(2)5-4-6-12(18)17-11;/h3-6,9H,1,7-8H2,2H3,(H3,14,15,16);1H. The van der Waals surface area contributed by atoms with E-state index in [0.29, 0.717) is 19.0 Å². The molecular weight excluding hydrogens is 353 g/mol. The lowest BCUT2D eigenvalue weighted by molar-refractivity contribution is 0.950. The largest absolute Gasteiger partial charge is 0.370 e. The van der Waals surface area contributed by atoms with Crippen molar-refractivity contribution in [3.63, 3.8) is 0 Å². The van der Waals surface area contributed by atoms with Gasteiger partial charge in [0.15, 0.2) is 5.96 Å². The van der Waals surface area contributed by atoms with Gasteiger partial charge in [0, 0.05) is 18.4 Å². The average molecular weight is 371 g/mol. The van der Waals surface area contributed by atoms with Gasteiger partial charge in [0.05, 0.1) is 12.2 Å². The Kier molecular flexibility index (Phi) is 5.81. The van der Waals surface area contributed by atoms with Crippen molar-refractivity contribution in [1.82, 2.24) is 14.7 Å². The second-order valence-corrected chi connectivity index (χ2v) is 4.00. The minimum absolute atomic E-state index is 0. The third-order valence-electron chi connectivity index (χ3n) is 2.58. The summed E-state index contributed by atoms with van der Waals surface area (Å²) in [5, 5.41) is 2.92. The molecular formula is C13H18IN5. The summed E-state index contributed by atoms with van der Waals surface area (Å²) in [7, 11) is 0. The molecule has 0 aromatic carbocycles. The molecule has 0 saturated carbocycles. The molecule has 0 radical (unpaired) electrons. The normalized spacial score (nSPS) is 11.1. The Morgan fingerprint density at radius 2 is 2.37 bits per heavy atom. The number of fused-ring (bicyclic) bond motifs is 1. The molecule has 3 N–H and O–H groups in total. The first-order valence-electron chi connectivity index (χ1n) is 5.79. The van der Waals surface area contributed by atoms with E-state index in [-0.39, 0.29) is 24.0 Å². The summed E-state index contributed by atoms with van der Waals surface area (Å²) < 4.78 is 2.04. The van der Waals surface area contributed by atoms with E-state index in [0.717, 1.165) is 17.0 Å². The van der Waals surface area contributed by atoms with E-state index in [4.69, 9.17) is 5.73 Å². The molecule has 2 heterocycles.